The minimum Gasteiger partial charge on any atom is -0.492 e. The Labute approximate surface area is 182 Å². The molecule has 0 aromatic heterocycles. The van der Waals surface area contributed by atoms with Crippen LogP contribution < -0.4 is 9.46 Å². The number of hydrogen-bond acceptors (Lipinski definition) is 4. The summed E-state index contributed by atoms with van der Waals surface area (Å²) in [4.78, 5) is 15.0. The molecule has 1 amide bonds. The summed E-state index contributed by atoms with van der Waals surface area (Å²) in [6.07, 6.45) is 2.76. The van der Waals surface area contributed by atoms with Crippen LogP contribution in [0.25, 0.3) is 11.1 Å². The molecule has 0 saturated carbocycles. The average molecular weight is 429 g/mol. The maximum atomic E-state index is 15.6. The molecular formula is C24H29FN2O2S. The van der Waals surface area contributed by atoms with Crippen LogP contribution in [0, 0.1) is 5.82 Å². The van der Waals surface area contributed by atoms with Crippen LogP contribution in [-0.2, 0) is 11.2 Å². The lowest BCUT2D eigenvalue weighted by Crippen LogP contribution is -2.56. The van der Waals surface area contributed by atoms with Gasteiger partial charge in [0.1, 0.15) is 11.6 Å². The monoisotopic (exact) mass is 428 g/mol. The van der Waals surface area contributed by atoms with Gasteiger partial charge in [-0.3, -0.25) is 9.52 Å². The van der Waals surface area contributed by atoms with Crippen LogP contribution in [-0.4, -0.2) is 41.3 Å². The fourth-order valence-electron chi connectivity index (χ4n) is 4.36. The van der Waals surface area contributed by atoms with Crippen molar-refractivity contribution in [3.63, 3.8) is 0 Å². The third-order valence-corrected chi connectivity index (χ3v) is 6.72. The predicted molar refractivity (Wildman–Crippen MR) is 120 cm³/mol. The van der Waals surface area contributed by atoms with E-state index in [0.29, 0.717) is 48.1 Å². The molecule has 160 valence electrons. The highest BCUT2D eigenvalue weighted by molar-refractivity contribution is 7.98. The zero-order chi connectivity index (χ0) is 21.1. The zero-order valence-corrected chi connectivity index (χ0v) is 18.4. The summed E-state index contributed by atoms with van der Waals surface area (Å²) < 4.78 is 25.1. The first-order valence-electron chi connectivity index (χ1n) is 10.7. The summed E-state index contributed by atoms with van der Waals surface area (Å²) in [6.45, 7) is 5.29. The molecule has 4 nitrogen and oxygen atoms in total. The normalized spacial score (nSPS) is 21.9. The number of benzene rings is 2. The molecule has 1 N–H and O–H groups in total. The van der Waals surface area contributed by atoms with Crippen LogP contribution in [0.2, 0.25) is 0 Å². The molecule has 0 spiro atoms. The molecule has 1 fully saturated rings. The number of amides is 1. The van der Waals surface area contributed by atoms with Gasteiger partial charge in [-0.2, -0.15) is 0 Å². The van der Waals surface area contributed by atoms with Crippen LogP contribution in [0.5, 0.6) is 5.75 Å². The number of carbonyl (C=O) groups is 1. The van der Waals surface area contributed by atoms with Crippen molar-refractivity contribution in [2.24, 2.45) is 0 Å². The Morgan fingerprint density at radius 3 is 2.80 bits per heavy atom. The molecule has 30 heavy (non-hydrogen) atoms. The van der Waals surface area contributed by atoms with Crippen LogP contribution in [0.4, 0.5) is 4.39 Å². The van der Waals surface area contributed by atoms with Gasteiger partial charge in [-0.1, -0.05) is 62.2 Å². The lowest BCUT2D eigenvalue weighted by molar-refractivity contribution is -0.136. The highest BCUT2D eigenvalue weighted by Crippen LogP contribution is 2.35. The quantitative estimate of drug-likeness (QED) is 0.712. The molecule has 2 aromatic carbocycles. The molecular weight excluding hydrogens is 399 g/mol. The molecule has 0 aliphatic carbocycles. The first-order chi connectivity index (χ1) is 14.5. The molecule has 0 unspecified atom stereocenters. The van der Waals surface area contributed by atoms with E-state index in [2.05, 4.69) is 18.6 Å². The summed E-state index contributed by atoms with van der Waals surface area (Å²) in [5.41, 5.74) is 1.93. The SMILES string of the molecule is CC(C)SN[C@H]1CCCN2C(=O)CCOc3ccccc3-c3cccc(c3F)C[C@@H]12. The molecule has 6 heteroatoms. The van der Waals surface area contributed by atoms with Crippen molar-refractivity contribution in [1.82, 2.24) is 9.62 Å². The van der Waals surface area contributed by atoms with E-state index in [-0.39, 0.29) is 23.8 Å². The summed E-state index contributed by atoms with van der Waals surface area (Å²) in [5, 5.41) is 0.437. The molecule has 4 rings (SSSR count). The third-order valence-electron chi connectivity index (χ3n) is 5.81. The highest BCUT2D eigenvalue weighted by atomic mass is 32.2. The van der Waals surface area contributed by atoms with Crippen LogP contribution in [0.3, 0.4) is 0 Å². The van der Waals surface area contributed by atoms with Crippen molar-refractivity contribution < 1.29 is 13.9 Å². The number of hydrogen-bond donors (Lipinski definition) is 1. The molecule has 2 heterocycles. The van der Waals surface area contributed by atoms with Crippen molar-refractivity contribution in [1.29, 1.82) is 0 Å². The first-order valence-corrected chi connectivity index (χ1v) is 11.6. The van der Waals surface area contributed by atoms with Gasteiger partial charge >= 0.3 is 0 Å². The number of piperidine rings is 1. The minimum absolute atomic E-state index is 0.0723. The molecule has 2 aromatic rings. The van der Waals surface area contributed by atoms with E-state index < -0.39 is 0 Å². The second-order valence-electron chi connectivity index (χ2n) is 8.27. The fourth-order valence-corrected chi connectivity index (χ4v) is 5.08. The van der Waals surface area contributed by atoms with E-state index >= 15 is 4.39 Å². The summed E-state index contributed by atoms with van der Waals surface area (Å²) in [5.74, 6) is 0.475. The topological polar surface area (TPSA) is 41.6 Å². The number of carbonyl (C=O) groups excluding carboxylic acids is 1. The Morgan fingerprint density at radius 2 is 1.97 bits per heavy atom. The molecule has 2 aliphatic rings. The minimum atomic E-state index is -0.220. The van der Waals surface area contributed by atoms with Crippen molar-refractivity contribution in [3.8, 4) is 16.9 Å². The lowest BCUT2D eigenvalue weighted by atomic mass is 9.89. The second-order valence-corrected chi connectivity index (χ2v) is 9.68. The number of ether oxygens (including phenoxy) is 1. The molecule has 0 radical (unpaired) electrons. The maximum absolute atomic E-state index is 15.6. The predicted octanol–water partition coefficient (Wildman–Crippen LogP) is 4.82. The second kappa shape index (κ2) is 9.40. The number of nitrogens with zero attached hydrogens (tertiary/aromatic N) is 1. The average Bonchev–Trinajstić information content (AvgIpc) is 2.74. The Morgan fingerprint density at radius 1 is 1.17 bits per heavy atom. The first kappa shape index (κ1) is 21.2. The Kier molecular flexibility index (Phi) is 6.64. The standard InChI is InChI=1S/C24H29FN2O2S/c1-16(2)30-26-20-10-6-13-27-21(20)15-17-7-5-9-19(24(17)25)18-8-3-4-11-22(18)29-14-12-23(27)28/h3-5,7-9,11,16,20-21,26H,6,10,12-15H2,1-2H3/t20-,21-/m0/s1. The highest BCUT2D eigenvalue weighted by Gasteiger charge is 2.35. The van der Waals surface area contributed by atoms with E-state index in [4.69, 9.17) is 4.74 Å². The van der Waals surface area contributed by atoms with Gasteiger partial charge in [-0.25, -0.2) is 4.39 Å². The van der Waals surface area contributed by atoms with Crippen LogP contribution in [0.1, 0.15) is 38.7 Å². The molecule has 2 atom stereocenters. The molecule has 1 saturated heterocycles. The van der Waals surface area contributed by atoms with Gasteiger partial charge < -0.3 is 9.64 Å². The van der Waals surface area contributed by atoms with E-state index in [9.17, 15) is 4.79 Å². The van der Waals surface area contributed by atoms with E-state index in [1.165, 1.54) is 0 Å². The number of nitrogens with one attached hydrogen (secondary N) is 1. The van der Waals surface area contributed by atoms with Gasteiger partial charge in [-0.15, -0.1) is 0 Å². The van der Waals surface area contributed by atoms with Crippen LogP contribution >= 0.6 is 11.9 Å². The Hall–Kier alpha value is -2.05. The fraction of sp³-hybridized carbons (Fsp3) is 0.458. The van der Waals surface area contributed by atoms with Gasteiger partial charge in [-0.05, 0) is 30.9 Å². The molecule has 2 bridgehead atoms. The number of para-hydroxylation sites is 1. The van der Waals surface area contributed by atoms with Gasteiger partial charge in [0.25, 0.3) is 0 Å². The largest absolute Gasteiger partial charge is 0.492 e. The van der Waals surface area contributed by atoms with E-state index in [0.717, 1.165) is 18.4 Å². The van der Waals surface area contributed by atoms with Gasteiger partial charge in [0.05, 0.1) is 19.1 Å². The van der Waals surface area contributed by atoms with Gasteiger partial charge in [0.15, 0.2) is 0 Å². The summed E-state index contributed by atoms with van der Waals surface area (Å²) in [7, 11) is 0. The van der Waals surface area contributed by atoms with Crippen LogP contribution in [0.15, 0.2) is 42.5 Å². The van der Waals surface area contributed by atoms with Gasteiger partial charge in [0, 0.05) is 29.0 Å². The number of fused-ring (bicyclic) bond motifs is 5. The van der Waals surface area contributed by atoms with Crippen molar-refractivity contribution in [2.45, 2.75) is 56.9 Å². The third kappa shape index (κ3) is 4.49. The van der Waals surface area contributed by atoms with E-state index in [1.54, 1.807) is 18.0 Å². The van der Waals surface area contributed by atoms with Crippen molar-refractivity contribution in [3.05, 3.63) is 53.8 Å². The Balaban J connectivity index is 1.74. The molecule has 2 aliphatic heterocycles. The zero-order valence-electron chi connectivity index (χ0n) is 17.6. The van der Waals surface area contributed by atoms with Crippen molar-refractivity contribution in [2.75, 3.05) is 13.2 Å². The maximum Gasteiger partial charge on any atom is 0.226 e. The number of halogens is 1. The van der Waals surface area contributed by atoms with Gasteiger partial charge in [0.2, 0.25) is 5.91 Å². The Bertz CT molecular complexity index is 905. The number of rotatable bonds is 3. The van der Waals surface area contributed by atoms with E-state index in [1.807, 2.05) is 41.3 Å². The summed E-state index contributed by atoms with van der Waals surface area (Å²) in [6, 6.07) is 13.1. The summed E-state index contributed by atoms with van der Waals surface area (Å²) >= 11 is 1.69. The smallest absolute Gasteiger partial charge is 0.226 e. The lowest BCUT2D eigenvalue weighted by Gasteiger charge is -2.42. The van der Waals surface area contributed by atoms with Crippen molar-refractivity contribution >= 4 is 17.9 Å².